The van der Waals surface area contributed by atoms with E-state index in [0.29, 0.717) is 23.6 Å². The molecule has 31 heavy (non-hydrogen) atoms. The highest BCUT2D eigenvalue weighted by Gasteiger charge is 2.30. The summed E-state index contributed by atoms with van der Waals surface area (Å²) in [4.78, 5) is 17.5. The third kappa shape index (κ3) is 3.61. The van der Waals surface area contributed by atoms with Crippen molar-refractivity contribution in [3.63, 3.8) is 0 Å². The highest BCUT2D eigenvalue weighted by Crippen LogP contribution is 2.36. The van der Waals surface area contributed by atoms with E-state index in [-0.39, 0.29) is 29.1 Å². The fourth-order valence-corrected chi connectivity index (χ4v) is 5.62. The maximum Gasteiger partial charge on any atom is 0.269 e. The lowest BCUT2D eigenvalue weighted by atomic mass is 10.0. The third-order valence-corrected chi connectivity index (χ3v) is 7.72. The Kier molecular flexibility index (Phi) is 4.81. The van der Waals surface area contributed by atoms with Crippen molar-refractivity contribution >= 4 is 15.7 Å². The molecule has 2 aromatic carbocycles. The molecule has 160 valence electrons. The maximum absolute atomic E-state index is 12.8. The first-order valence-corrected chi connectivity index (χ1v) is 12.0. The quantitative estimate of drug-likeness (QED) is 0.582. The smallest absolute Gasteiger partial charge is 0.269 e. The third-order valence-electron chi connectivity index (χ3n) is 5.92. The molecule has 3 aromatic rings. The number of hydrogen-bond donors (Lipinski definition) is 1. The maximum atomic E-state index is 12.8. The normalized spacial score (nSPS) is 19.9. The minimum atomic E-state index is -3.49. The van der Waals surface area contributed by atoms with Gasteiger partial charge in [0.15, 0.2) is 9.84 Å². The number of hydrogen-bond acceptors (Lipinski definition) is 5. The number of nitrogens with zero attached hydrogens (tertiary/aromatic N) is 2. The van der Waals surface area contributed by atoms with Crippen molar-refractivity contribution in [3.05, 3.63) is 71.3 Å². The Bertz CT molecular complexity index is 1280. The van der Waals surface area contributed by atoms with Crippen LogP contribution in [0.1, 0.15) is 46.3 Å². The molecular formula is C23H23N3O4S. The molecule has 4 bridgehead atoms. The zero-order valence-electron chi connectivity index (χ0n) is 17.2. The van der Waals surface area contributed by atoms with E-state index in [1.54, 1.807) is 30.5 Å². The number of imidazole rings is 1. The Morgan fingerprint density at radius 2 is 2.06 bits per heavy atom. The van der Waals surface area contributed by atoms with Gasteiger partial charge in [0.1, 0.15) is 23.0 Å². The number of aryl methyl sites for hydroxylation is 2. The van der Waals surface area contributed by atoms with Crippen LogP contribution in [0.5, 0.6) is 11.5 Å². The summed E-state index contributed by atoms with van der Waals surface area (Å²) in [6, 6.07) is 12.6. The summed E-state index contributed by atoms with van der Waals surface area (Å²) in [6.45, 7) is 2.22. The van der Waals surface area contributed by atoms with Crippen molar-refractivity contribution in [2.45, 2.75) is 37.1 Å². The predicted octanol–water partition coefficient (Wildman–Crippen LogP) is 3.43. The molecule has 0 spiro atoms. The van der Waals surface area contributed by atoms with Crippen molar-refractivity contribution in [1.29, 1.82) is 0 Å². The molecule has 0 aliphatic carbocycles. The lowest BCUT2D eigenvalue weighted by molar-refractivity contribution is 0.0943. The molecule has 2 aliphatic heterocycles. The molecular weight excluding hydrogens is 414 g/mol. The summed E-state index contributed by atoms with van der Waals surface area (Å²) in [7, 11) is -3.49. The molecule has 0 saturated heterocycles. The van der Waals surface area contributed by atoms with E-state index in [1.807, 2.05) is 29.7 Å². The highest BCUT2D eigenvalue weighted by molar-refractivity contribution is 7.91. The van der Waals surface area contributed by atoms with Crippen LogP contribution in [0.15, 0.2) is 53.6 Å². The van der Waals surface area contributed by atoms with Gasteiger partial charge in [0.2, 0.25) is 0 Å². The van der Waals surface area contributed by atoms with Crippen LogP contribution < -0.4 is 10.1 Å². The summed E-state index contributed by atoms with van der Waals surface area (Å²) in [5.74, 6) is 1.74. The second-order valence-corrected chi connectivity index (χ2v) is 10.1. The minimum absolute atomic E-state index is 0.000757. The van der Waals surface area contributed by atoms with Crippen LogP contribution in [0.3, 0.4) is 0 Å². The van der Waals surface area contributed by atoms with Gasteiger partial charge in [-0.25, -0.2) is 13.4 Å². The fraction of sp³-hybridized carbons (Fsp3) is 0.304. The number of amides is 1. The predicted molar refractivity (Wildman–Crippen MR) is 115 cm³/mol. The van der Waals surface area contributed by atoms with Gasteiger partial charge in [-0.2, -0.15) is 0 Å². The molecule has 5 rings (SSSR count). The summed E-state index contributed by atoms with van der Waals surface area (Å²) in [5.41, 5.74) is 2.47. The average Bonchev–Trinajstić information content (AvgIpc) is 3.35. The molecule has 1 N–H and O–H groups in total. The largest absolute Gasteiger partial charge is 0.457 e. The molecule has 2 aliphatic rings. The molecule has 8 heteroatoms. The number of nitrogens with one attached hydrogen (secondary N) is 1. The van der Waals surface area contributed by atoms with E-state index in [9.17, 15) is 13.2 Å². The Morgan fingerprint density at radius 1 is 1.19 bits per heavy atom. The van der Waals surface area contributed by atoms with Crippen LogP contribution in [0.2, 0.25) is 0 Å². The van der Waals surface area contributed by atoms with Crippen molar-refractivity contribution in [2.24, 2.45) is 0 Å². The number of sulfone groups is 1. The van der Waals surface area contributed by atoms with Crippen LogP contribution in [-0.2, 0) is 16.3 Å². The van der Waals surface area contributed by atoms with Crippen molar-refractivity contribution in [2.75, 3.05) is 12.3 Å². The van der Waals surface area contributed by atoms with Gasteiger partial charge >= 0.3 is 0 Å². The second kappa shape index (κ2) is 7.53. The van der Waals surface area contributed by atoms with E-state index in [4.69, 9.17) is 4.74 Å². The number of carbonyl (C=O) groups excluding carboxylic acids is 1. The Balaban J connectivity index is 1.62. The van der Waals surface area contributed by atoms with Crippen LogP contribution in [0.4, 0.5) is 0 Å². The number of ether oxygens (including phenoxy) is 1. The van der Waals surface area contributed by atoms with Crippen LogP contribution in [0, 0.1) is 6.92 Å². The molecule has 1 unspecified atom stereocenters. The minimum Gasteiger partial charge on any atom is -0.457 e. The first kappa shape index (κ1) is 19.8. The Labute approximate surface area is 181 Å². The van der Waals surface area contributed by atoms with E-state index >= 15 is 0 Å². The zero-order chi connectivity index (χ0) is 21.6. The lowest BCUT2D eigenvalue weighted by Crippen LogP contribution is -2.28. The Hall–Kier alpha value is -3.13. The van der Waals surface area contributed by atoms with Gasteiger partial charge in [-0.1, -0.05) is 18.2 Å². The summed E-state index contributed by atoms with van der Waals surface area (Å²) in [5, 5.41) is 2.85. The molecule has 0 radical (unpaired) electrons. The van der Waals surface area contributed by atoms with E-state index < -0.39 is 9.84 Å². The number of fused-ring (bicyclic) bond motifs is 5. The molecule has 1 aromatic heterocycles. The molecule has 7 nitrogen and oxygen atoms in total. The van der Waals surface area contributed by atoms with Crippen LogP contribution in [-0.4, -0.2) is 36.2 Å². The number of aromatic nitrogens is 2. The van der Waals surface area contributed by atoms with E-state index in [0.717, 1.165) is 29.8 Å². The standard InChI is InChI=1S/C23H23N3O4S/c1-15-6-7-16-12-21(15)30-17-4-2-5-18(13-17)31(28,29)11-3-10-24-23(27)20-14-25-22-9-8-19(16)26(20)22/h2,4-7,12-14,19H,3,8-11H2,1H3,(H,24,27). The molecule has 3 heterocycles. The van der Waals surface area contributed by atoms with Gasteiger partial charge in [-0.3, -0.25) is 4.79 Å². The average molecular weight is 438 g/mol. The van der Waals surface area contributed by atoms with E-state index in [1.165, 1.54) is 0 Å². The van der Waals surface area contributed by atoms with Gasteiger partial charge in [-0.15, -0.1) is 0 Å². The fourth-order valence-electron chi connectivity index (χ4n) is 4.28. The van der Waals surface area contributed by atoms with Gasteiger partial charge < -0.3 is 14.6 Å². The van der Waals surface area contributed by atoms with Gasteiger partial charge in [0.05, 0.1) is 22.9 Å². The SMILES string of the molecule is Cc1ccc2cc1Oc1cccc(c1)S(=O)(=O)CCCNC(=O)c1cnc3n1C2CC3. The number of rotatable bonds is 0. The molecule has 1 atom stereocenters. The topological polar surface area (TPSA) is 90.3 Å². The molecule has 1 amide bonds. The highest BCUT2D eigenvalue weighted by atomic mass is 32.2. The zero-order valence-corrected chi connectivity index (χ0v) is 18.0. The van der Waals surface area contributed by atoms with Gasteiger partial charge in [0, 0.05) is 13.0 Å². The Morgan fingerprint density at radius 3 is 2.94 bits per heavy atom. The second-order valence-electron chi connectivity index (χ2n) is 8.01. The summed E-state index contributed by atoms with van der Waals surface area (Å²) in [6.07, 6.45) is 3.58. The van der Waals surface area contributed by atoms with E-state index in [2.05, 4.69) is 10.3 Å². The molecule has 0 fully saturated rings. The van der Waals surface area contributed by atoms with Crippen LogP contribution >= 0.6 is 0 Å². The van der Waals surface area contributed by atoms with Crippen molar-refractivity contribution in [3.8, 4) is 11.5 Å². The summed E-state index contributed by atoms with van der Waals surface area (Å²) >= 11 is 0. The number of carbonyl (C=O) groups is 1. The van der Waals surface area contributed by atoms with Gasteiger partial charge in [-0.05, 0) is 55.2 Å². The van der Waals surface area contributed by atoms with Gasteiger partial charge in [0.25, 0.3) is 5.91 Å². The number of benzene rings is 2. The molecule has 0 saturated carbocycles. The van der Waals surface area contributed by atoms with Crippen molar-refractivity contribution in [1.82, 2.24) is 14.9 Å². The first-order valence-electron chi connectivity index (χ1n) is 10.4. The summed E-state index contributed by atoms with van der Waals surface area (Å²) < 4.78 is 33.6. The first-order chi connectivity index (χ1) is 14.9. The lowest BCUT2D eigenvalue weighted by Gasteiger charge is -2.19. The van der Waals surface area contributed by atoms with Crippen molar-refractivity contribution < 1.29 is 17.9 Å². The monoisotopic (exact) mass is 437 g/mol. The van der Waals surface area contributed by atoms with Crippen LogP contribution in [0.25, 0.3) is 0 Å².